The number of carbonyl (C=O) groups excluding carboxylic acids is 2. The molecule has 1 atom stereocenters. The summed E-state index contributed by atoms with van der Waals surface area (Å²) in [4.78, 5) is 25.6. The monoisotopic (exact) mass is 420 g/mol. The maximum absolute atomic E-state index is 13.0. The van der Waals surface area contributed by atoms with Crippen LogP contribution in [0.3, 0.4) is 0 Å². The number of piperazine rings is 1. The van der Waals surface area contributed by atoms with Gasteiger partial charge in [0.1, 0.15) is 0 Å². The summed E-state index contributed by atoms with van der Waals surface area (Å²) in [6.45, 7) is 4.78. The van der Waals surface area contributed by atoms with Gasteiger partial charge in [0.15, 0.2) is 0 Å². The van der Waals surface area contributed by atoms with E-state index < -0.39 is 16.3 Å². The molecule has 11 heteroatoms. The number of nitrogens with one attached hydrogen (secondary N) is 1. The molecule has 0 saturated carbocycles. The number of ether oxygens (including phenoxy) is 2. The van der Waals surface area contributed by atoms with E-state index in [1.54, 1.807) is 14.0 Å². The fourth-order valence-electron chi connectivity index (χ4n) is 3.42. The molecule has 2 aliphatic heterocycles. The Labute approximate surface area is 167 Å². The first kappa shape index (κ1) is 22.9. The molecule has 2 aliphatic rings. The highest BCUT2D eigenvalue weighted by Crippen LogP contribution is 2.22. The molecule has 2 heterocycles. The predicted molar refractivity (Wildman–Crippen MR) is 103 cm³/mol. The van der Waals surface area contributed by atoms with Crippen molar-refractivity contribution >= 4 is 22.2 Å². The molecule has 1 unspecified atom stereocenters. The lowest BCUT2D eigenvalue weighted by atomic mass is 9.99. The predicted octanol–water partition coefficient (Wildman–Crippen LogP) is -0.130. The molecule has 162 valence electrons. The molecule has 0 aromatic carbocycles. The fraction of sp³-hybridized carbons (Fsp3) is 0.882. The minimum atomic E-state index is -3.65. The van der Waals surface area contributed by atoms with Gasteiger partial charge in [0.25, 0.3) is 10.2 Å². The molecule has 2 fully saturated rings. The van der Waals surface area contributed by atoms with Gasteiger partial charge in [0, 0.05) is 59.5 Å². The van der Waals surface area contributed by atoms with E-state index in [0.29, 0.717) is 52.2 Å². The van der Waals surface area contributed by atoms with E-state index in [2.05, 4.69) is 5.32 Å². The molecule has 2 amide bonds. The van der Waals surface area contributed by atoms with Crippen LogP contribution in [0.5, 0.6) is 0 Å². The van der Waals surface area contributed by atoms with Crippen LogP contribution in [0.4, 0.5) is 4.79 Å². The van der Waals surface area contributed by atoms with Crippen LogP contribution in [0.15, 0.2) is 0 Å². The zero-order valence-corrected chi connectivity index (χ0v) is 17.6. The van der Waals surface area contributed by atoms with E-state index in [-0.39, 0.29) is 31.5 Å². The van der Waals surface area contributed by atoms with Gasteiger partial charge in [0.2, 0.25) is 5.91 Å². The van der Waals surface area contributed by atoms with Crippen LogP contribution in [0, 0.1) is 5.92 Å². The van der Waals surface area contributed by atoms with Crippen molar-refractivity contribution in [3.63, 3.8) is 0 Å². The van der Waals surface area contributed by atoms with E-state index in [9.17, 15) is 18.0 Å². The Morgan fingerprint density at radius 3 is 2.46 bits per heavy atom. The molecular formula is C17H32N4O6S. The molecule has 0 aromatic heterocycles. The number of rotatable bonds is 8. The first-order valence-electron chi connectivity index (χ1n) is 9.83. The average Bonchev–Trinajstić information content (AvgIpc) is 2.71. The van der Waals surface area contributed by atoms with Gasteiger partial charge in [-0.1, -0.05) is 0 Å². The lowest BCUT2D eigenvalue weighted by Crippen LogP contribution is -2.56. The minimum absolute atomic E-state index is 0.108. The van der Waals surface area contributed by atoms with Crippen molar-refractivity contribution < 1.29 is 27.5 Å². The second kappa shape index (κ2) is 10.9. The van der Waals surface area contributed by atoms with Crippen molar-refractivity contribution in [3.05, 3.63) is 0 Å². The number of methoxy groups -OCH3 is 1. The van der Waals surface area contributed by atoms with Gasteiger partial charge in [-0.15, -0.1) is 0 Å². The Kier molecular flexibility index (Phi) is 8.93. The van der Waals surface area contributed by atoms with Crippen molar-refractivity contribution in [1.82, 2.24) is 18.8 Å². The second-order valence-corrected chi connectivity index (χ2v) is 8.86. The quantitative estimate of drug-likeness (QED) is 0.548. The summed E-state index contributed by atoms with van der Waals surface area (Å²) in [5.74, 6) is -0.449. The van der Waals surface area contributed by atoms with Gasteiger partial charge < -0.3 is 19.7 Å². The smallest absolute Gasteiger partial charge is 0.409 e. The molecule has 0 aliphatic carbocycles. The lowest BCUT2D eigenvalue weighted by Gasteiger charge is -2.38. The summed E-state index contributed by atoms with van der Waals surface area (Å²) in [5, 5.41) is 2.86. The fourth-order valence-corrected chi connectivity index (χ4v) is 5.10. The molecule has 1 N–H and O–H groups in total. The molecule has 28 heavy (non-hydrogen) atoms. The maximum atomic E-state index is 13.0. The van der Waals surface area contributed by atoms with Gasteiger partial charge in [-0.25, -0.2) is 4.79 Å². The van der Waals surface area contributed by atoms with Gasteiger partial charge in [-0.2, -0.15) is 17.0 Å². The molecular weight excluding hydrogens is 388 g/mol. The summed E-state index contributed by atoms with van der Waals surface area (Å²) in [6.07, 6.45) is 1.64. The summed E-state index contributed by atoms with van der Waals surface area (Å²) in [7, 11) is -2.04. The summed E-state index contributed by atoms with van der Waals surface area (Å²) >= 11 is 0. The highest BCUT2D eigenvalue weighted by atomic mass is 32.2. The number of piperidine rings is 1. The van der Waals surface area contributed by atoms with Gasteiger partial charge >= 0.3 is 6.09 Å². The van der Waals surface area contributed by atoms with E-state index >= 15 is 0 Å². The zero-order valence-electron chi connectivity index (χ0n) is 16.8. The van der Waals surface area contributed by atoms with E-state index in [1.807, 2.05) is 0 Å². The molecule has 10 nitrogen and oxygen atoms in total. The Balaban J connectivity index is 1.87. The number of carbonyl (C=O) groups is 2. The van der Waals surface area contributed by atoms with Crippen molar-refractivity contribution in [3.8, 4) is 0 Å². The van der Waals surface area contributed by atoms with Gasteiger partial charge in [-0.3, -0.25) is 4.79 Å². The summed E-state index contributed by atoms with van der Waals surface area (Å²) in [5.41, 5.74) is 0. The molecule has 0 aromatic rings. The Morgan fingerprint density at radius 1 is 1.11 bits per heavy atom. The van der Waals surface area contributed by atoms with E-state index in [4.69, 9.17) is 9.47 Å². The second-order valence-electron chi connectivity index (χ2n) is 6.93. The number of hydrogen-bond donors (Lipinski definition) is 1. The van der Waals surface area contributed by atoms with Crippen LogP contribution in [-0.2, 0) is 24.5 Å². The highest BCUT2D eigenvalue weighted by molar-refractivity contribution is 7.86. The van der Waals surface area contributed by atoms with Crippen LogP contribution in [0.2, 0.25) is 0 Å². The van der Waals surface area contributed by atoms with E-state index in [1.165, 1.54) is 13.5 Å². The Bertz CT molecular complexity index is 621. The van der Waals surface area contributed by atoms with Crippen molar-refractivity contribution in [2.45, 2.75) is 26.2 Å². The molecule has 2 rings (SSSR count). The Hall–Kier alpha value is -1.43. The lowest BCUT2D eigenvalue weighted by molar-refractivity contribution is -0.126. The van der Waals surface area contributed by atoms with Crippen LogP contribution in [0.25, 0.3) is 0 Å². The normalized spacial score (nSPS) is 22.1. The molecule has 2 saturated heterocycles. The van der Waals surface area contributed by atoms with Crippen molar-refractivity contribution in [2.24, 2.45) is 5.92 Å². The van der Waals surface area contributed by atoms with Crippen molar-refractivity contribution in [1.29, 1.82) is 0 Å². The minimum Gasteiger partial charge on any atom is -0.450 e. The zero-order chi connectivity index (χ0) is 20.6. The summed E-state index contributed by atoms with van der Waals surface area (Å²) in [6, 6.07) is 0. The topological polar surface area (TPSA) is 108 Å². The van der Waals surface area contributed by atoms with Gasteiger partial charge in [0.05, 0.1) is 12.5 Å². The maximum Gasteiger partial charge on any atom is 0.409 e. The van der Waals surface area contributed by atoms with Crippen LogP contribution in [-0.4, -0.2) is 100 Å². The first-order chi connectivity index (χ1) is 13.4. The Morgan fingerprint density at radius 2 is 1.82 bits per heavy atom. The third kappa shape index (κ3) is 6.03. The summed E-state index contributed by atoms with van der Waals surface area (Å²) < 4.78 is 38.7. The van der Waals surface area contributed by atoms with Crippen LogP contribution < -0.4 is 5.32 Å². The number of amides is 2. The molecule has 0 radical (unpaired) electrons. The third-order valence-corrected chi connectivity index (χ3v) is 7.00. The van der Waals surface area contributed by atoms with Crippen molar-refractivity contribution in [2.75, 3.05) is 66.1 Å². The molecule has 0 bridgehead atoms. The number of nitrogens with zero attached hydrogens (tertiary/aromatic N) is 3. The molecule has 0 spiro atoms. The highest BCUT2D eigenvalue weighted by Gasteiger charge is 2.37. The standard InChI is InChI=1S/C17H32N4O6S/c1-3-27-17(23)19-9-11-20(12-10-19)28(24,25)21-8-4-6-15(14-21)16(22)18-7-5-13-26-2/h15H,3-14H2,1-2H3,(H,18,22). The SMILES string of the molecule is CCOC(=O)N1CCN(S(=O)(=O)N2CCCC(C(=O)NCCCOC)C2)CC1. The van der Waals surface area contributed by atoms with E-state index in [0.717, 1.165) is 6.42 Å². The van der Waals surface area contributed by atoms with Crippen LogP contribution in [0.1, 0.15) is 26.2 Å². The van der Waals surface area contributed by atoms with Crippen LogP contribution >= 0.6 is 0 Å². The number of hydrogen-bond acceptors (Lipinski definition) is 6. The van der Waals surface area contributed by atoms with Gasteiger partial charge in [-0.05, 0) is 26.2 Å². The largest absolute Gasteiger partial charge is 0.450 e. The average molecular weight is 421 g/mol. The third-order valence-electron chi connectivity index (χ3n) is 5.00. The first-order valence-corrected chi connectivity index (χ1v) is 11.2.